The van der Waals surface area contributed by atoms with Crippen LogP contribution in [0.1, 0.15) is 0 Å². The maximum atomic E-state index is 12.6. The average molecular weight is 414 g/mol. The first-order valence-electron chi connectivity index (χ1n) is 9.78. The maximum Gasteiger partial charge on any atom is 0.193 e. The molecule has 0 bridgehead atoms. The van der Waals surface area contributed by atoms with Gasteiger partial charge in [0.05, 0.1) is 31.8 Å². The van der Waals surface area contributed by atoms with E-state index in [0.717, 1.165) is 11.3 Å². The summed E-state index contributed by atoms with van der Waals surface area (Å²) in [6.07, 6.45) is 0. The Labute approximate surface area is 174 Å². The SMILES string of the molecule is CN(C)c1ccc(-c2cc(=O)c3cc(OCCOCCOCC[18F])ccc3o2)cc1. The van der Waals surface area contributed by atoms with Gasteiger partial charge in [-0.2, -0.15) is 0 Å². The van der Waals surface area contributed by atoms with Gasteiger partial charge >= 0.3 is 0 Å². The van der Waals surface area contributed by atoms with Gasteiger partial charge in [0.1, 0.15) is 30.4 Å². The lowest BCUT2D eigenvalue weighted by Gasteiger charge is -2.12. The highest BCUT2D eigenvalue weighted by molar-refractivity contribution is 5.80. The van der Waals surface area contributed by atoms with Crippen molar-refractivity contribution in [3.8, 4) is 17.1 Å². The summed E-state index contributed by atoms with van der Waals surface area (Å²) in [5.41, 5.74) is 2.28. The molecule has 1 heterocycles. The van der Waals surface area contributed by atoms with Crippen LogP contribution in [-0.4, -0.2) is 53.8 Å². The van der Waals surface area contributed by atoms with Gasteiger partial charge in [-0.15, -0.1) is 0 Å². The van der Waals surface area contributed by atoms with Gasteiger partial charge in [0.15, 0.2) is 5.43 Å². The highest BCUT2D eigenvalue weighted by Crippen LogP contribution is 2.26. The standard InChI is InChI=1S/C23H26FNO5/c1-25(2)18-5-3-17(4-6-18)23-16-21(26)20-15-19(7-8-22(20)30-23)29-14-13-28-12-11-27-10-9-24/h3-8,15-16H,9-14H2,1-2H3/i24-1. The molecular formula is C23H26FNO5. The number of rotatable bonds is 11. The fraction of sp³-hybridized carbons (Fsp3) is 0.348. The minimum atomic E-state index is -0.497. The van der Waals surface area contributed by atoms with Crippen molar-refractivity contribution in [2.75, 3.05) is 58.7 Å². The average Bonchev–Trinajstić information content (AvgIpc) is 2.76. The van der Waals surface area contributed by atoms with Gasteiger partial charge in [-0.25, -0.2) is 4.39 Å². The molecule has 0 radical (unpaired) electrons. The molecule has 0 spiro atoms. The summed E-state index contributed by atoms with van der Waals surface area (Å²) in [6, 6.07) is 14.5. The number of benzene rings is 2. The van der Waals surface area contributed by atoms with Gasteiger partial charge in [0, 0.05) is 31.4 Å². The summed E-state index contributed by atoms with van der Waals surface area (Å²) in [4.78, 5) is 14.6. The van der Waals surface area contributed by atoms with Crippen LogP contribution in [-0.2, 0) is 9.47 Å². The van der Waals surface area contributed by atoms with Gasteiger partial charge in [0.25, 0.3) is 0 Å². The number of halogens is 1. The Morgan fingerprint density at radius 1 is 0.900 bits per heavy atom. The number of fused-ring (bicyclic) bond motifs is 1. The topological polar surface area (TPSA) is 61.1 Å². The second-order valence-electron chi connectivity index (χ2n) is 6.84. The van der Waals surface area contributed by atoms with Crippen LogP contribution in [0.25, 0.3) is 22.3 Å². The number of nitrogens with zero attached hydrogens (tertiary/aromatic N) is 1. The second-order valence-corrected chi connectivity index (χ2v) is 6.84. The molecule has 7 heteroatoms. The van der Waals surface area contributed by atoms with Gasteiger partial charge in [0.2, 0.25) is 0 Å². The summed E-state index contributed by atoms with van der Waals surface area (Å²) in [6.45, 7) is 1.01. The van der Waals surface area contributed by atoms with Crippen LogP contribution in [0.15, 0.2) is 57.7 Å². The van der Waals surface area contributed by atoms with Crippen molar-refractivity contribution in [1.82, 2.24) is 0 Å². The molecule has 160 valence electrons. The summed E-state index contributed by atoms with van der Waals surface area (Å²) >= 11 is 0. The van der Waals surface area contributed by atoms with Gasteiger partial charge < -0.3 is 23.5 Å². The molecule has 30 heavy (non-hydrogen) atoms. The number of hydrogen-bond donors (Lipinski definition) is 0. The van der Waals surface area contributed by atoms with Crippen molar-refractivity contribution in [2.24, 2.45) is 0 Å². The Morgan fingerprint density at radius 3 is 2.30 bits per heavy atom. The van der Waals surface area contributed by atoms with Crippen LogP contribution >= 0.6 is 0 Å². The summed E-state index contributed by atoms with van der Waals surface area (Å²) in [7, 11) is 3.95. The van der Waals surface area contributed by atoms with E-state index >= 15 is 0 Å². The van der Waals surface area contributed by atoms with E-state index in [2.05, 4.69) is 0 Å². The van der Waals surface area contributed by atoms with Crippen LogP contribution in [0, 0.1) is 0 Å². The molecule has 0 aliphatic heterocycles. The summed E-state index contributed by atoms with van der Waals surface area (Å²) < 4.78 is 33.8. The lowest BCUT2D eigenvalue weighted by atomic mass is 10.1. The Morgan fingerprint density at radius 2 is 1.60 bits per heavy atom. The first-order chi connectivity index (χ1) is 14.6. The van der Waals surface area contributed by atoms with E-state index < -0.39 is 6.67 Å². The molecule has 3 aromatic rings. The number of hydrogen-bond acceptors (Lipinski definition) is 6. The largest absolute Gasteiger partial charge is 0.491 e. The fourth-order valence-corrected chi connectivity index (χ4v) is 2.89. The van der Waals surface area contributed by atoms with Crippen molar-refractivity contribution >= 4 is 16.7 Å². The van der Waals surface area contributed by atoms with Gasteiger partial charge in [-0.05, 0) is 42.5 Å². The maximum absolute atomic E-state index is 12.6. The molecule has 0 unspecified atom stereocenters. The van der Waals surface area contributed by atoms with E-state index in [9.17, 15) is 9.18 Å². The quantitative estimate of drug-likeness (QED) is 0.444. The third kappa shape index (κ3) is 5.81. The Hall–Kier alpha value is -2.90. The molecule has 2 aromatic carbocycles. The molecule has 0 fully saturated rings. The molecule has 0 saturated heterocycles. The van der Waals surface area contributed by atoms with Crippen LogP contribution in [0.5, 0.6) is 5.75 Å². The van der Waals surface area contributed by atoms with Crippen LogP contribution in [0.3, 0.4) is 0 Å². The van der Waals surface area contributed by atoms with Gasteiger partial charge in [-0.1, -0.05) is 0 Å². The first-order valence-corrected chi connectivity index (χ1v) is 9.78. The molecule has 0 N–H and O–H groups in total. The zero-order valence-corrected chi connectivity index (χ0v) is 17.2. The molecule has 6 nitrogen and oxygen atoms in total. The molecule has 0 saturated carbocycles. The Bertz CT molecular complexity index is 1000. The van der Waals surface area contributed by atoms with E-state index in [1.54, 1.807) is 18.2 Å². The molecule has 0 atom stereocenters. The molecule has 1 aromatic heterocycles. The predicted octanol–water partition coefficient (Wildman–Crippen LogP) is 3.91. The molecule has 0 amide bonds. The zero-order chi connectivity index (χ0) is 21.3. The third-order valence-corrected chi connectivity index (χ3v) is 4.46. The van der Waals surface area contributed by atoms with Crippen LogP contribution < -0.4 is 15.1 Å². The highest BCUT2D eigenvalue weighted by atomic mass is 18.2. The molecule has 3 rings (SSSR count). The van der Waals surface area contributed by atoms with Crippen molar-refractivity contribution < 1.29 is 23.0 Å². The van der Waals surface area contributed by atoms with Crippen LogP contribution in [0.2, 0.25) is 0 Å². The fourth-order valence-electron chi connectivity index (χ4n) is 2.89. The van der Waals surface area contributed by atoms with Crippen molar-refractivity contribution in [3.63, 3.8) is 0 Å². The summed E-state index contributed by atoms with van der Waals surface area (Å²) in [5.74, 6) is 1.09. The first kappa shape index (κ1) is 21.8. The number of alkyl halides is 1. The summed E-state index contributed by atoms with van der Waals surface area (Å²) in [5, 5.41) is 0.460. The van der Waals surface area contributed by atoms with Gasteiger partial charge in [-0.3, -0.25) is 4.79 Å². The molecule has 0 aliphatic carbocycles. The minimum Gasteiger partial charge on any atom is -0.491 e. The van der Waals surface area contributed by atoms with E-state index in [0.29, 0.717) is 48.9 Å². The Kier molecular flexibility index (Phi) is 7.82. The predicted molar refractivity (Wildman–Crippen MR) is 115 cm³/mol. The van der Waals surface area contributed by atoms with E-state index in [1.807, 2.05) is 43.3 Å². The minimum absolute atomic E-state index is 0.0860. The van der Waals surface area contributed by atoms with Crippen LogP contribution in [0.4, 0.5) is 10.1 Å². The van der Waals surface area contributed by atoms with E-state index in [4.69, 9.17) is 18.6 Å². The van der Waals surface area contributed by atoms with E-state index in [1.165, 1.54) is 6.07 Å². The number of ether oxygens (including phenoxy) is 3. The number of anilines is 1. The molecular weight excluding hydrogens is 388 g/mol. The van der Waals surface area contributed by atoms with Crippen molar-refractivity contribution in [2.45, 2.75) is 0 Å². The Balaban J connectivity index is 1.62. The smallest absolute Gasteiger partial charge is 0.193 e. The van der Waals surface area contributed by atoms with E-state index in [-0.39, 0.29) is 12.0 Å². The third-order valence-electron chi connectivity index (χ3n) is 4.46. The zero-order valence-electron chi connectivity index (χ0n) is 17.2. The van der Waals surface area contributed by atoms with Crippen molar-refractivity contribution in [1.29, 1.82) is 0 Å². The second kappa shape index (κ2) is 10.8. The highest BCUT2D eigenvalue weighted by Gasteiger charge is 2.09. The van der Waals surface area contributed by atoms with Crippen molar-refractivity contribution in [3.05, 3.63) is 58.8 Å². The normalized spacial score (nSPS) is 11.0. The lowest BCUT2D eigenvalue weighted by Crippen LogP contribution is -2.11. The lowest BCUT2D eigenvalue weighted by molar-refractivity contribution is 0.0325. The monoisotopic (exact) mass is 414 g/mol. The molecule has 0 aliphatic rings.